The van der Waals surface area contributed by atoms with Crippen LogP contribution in [0.2, 0.25) is 0 Å². The van der Waals surface area contributed by atoms with Gasteiger partial charge in [-0.1, -0.05) is 31.2 Å². The van der Waals surface area contributed by atoms with Crippen LogP contribution in [0.1, 0.15) is 80.4 Å². The first-order valence-electron chi connectivity index (χ1n) is 22.7. The molecule has 0 spiro atoms. The second-order valence-corrected chi connectivity index (χ2v) is 22.0. The number of hydrogen-bond acceptors (Lipinski definition) is 13. The number of fused-ring (bicyclic) bond motifs is 1. The number of ether oxygens (including phenoxy) is 1. The van der Waals surface area contributed by atoms with Gasteiger partial charge in [0.25, 0.3) is 0 Å². The fraction of sp³-hybridized carbons (Fsp3) is 0.458. The Balaban J connectivity index is 0.795. The predicted octanol–water partition coefficient (Wildman–Crippen LogP) is 7.93. The van der Waals surface area contributed by atoms with Crippen molar-refractivity contribution in [3.8, 4) is 5.75 Å². The highest BCUT2D eigenvalue weighted by molar-refractivity contribution is 9.10. The first-order valence-corrected chi connectivity index (χ1v) is 26.1. The van der Waals surface area contributed by atoms with Crippen molar-refractivity contribution in [3.63, 3.8) is 0 Å². The van der Waals surface area contributed by atoms with E-state index in [1.807, 2.05) is 12.1 Å². The van der Waals surface area contributed by atoms with Crippen LogP contribution in [0, 0.1) is 0 Å². The van der Waals surface area contributed by atoms with Crippen LogP contribution in [0.15, 0.2) is 71.6 Å². The summed E-state index contributed by atoms with van der Waals surface area (Å²) in [7, 11) is -1.07. The topological polar surface area (TPSA) is 158 Å². The number of hydrogen-bond donors (Lipinski definition) is 3. The number of aryl methyl sites for hydroxylation is 1. The first-order chi connectivity index (χ1) is 30.9. The molecule has 3 aliphatic heterocycles. The molecule has 2 amide bonds. The molecule has 5 aromatic rings. The Morgan fingerprint density at radius 2 is 1.56 bits per heavy atom. The minimum absolute atomic E-state index is 0.168. The number of benzene rings is 3. The summed E-state index contributed by atoms with van der Waals surface area (Å²) < 4.78 is 20.2. The third-order valence-electron chi connectivity index (χ3n) is 13.8. The smallest absolute Gasteiger partial charge is 0.234 e. The van der Waals surface area contributed by atoms with E-state index in [0.29, 0.717) is 69.1 Å². The largest absolute Gasteiger partial charge is 0.494 e. The van der Waals surface area contributed by atoms with Crippen molar-refractivity contribution in [1.29, 1.82) is 0 Å². The zero-order valence-electron chi connectivity index (χ0n) is 37.1. The van der Waals surface area contributed by atoms with E-state index >= 15 is 0 Å². The minimum atomic E-state index is -2.77. The highest BCUT2D eigenvalue weighted by Gasteiger charge is 2.35. The number of piperidine rings is 2. The van der Waals surface area contributed by atoms with E-state index in [-0.39, 0.29) is 17.7 Å². The maximum Gasteiger partial charge on any atom is 0.234 e. The van der Waals surface area contributed by atoms with Gasteiger partial charge in [0.05, 0.1) is 39.7 Å². The molecule has 3 aromatic carbocycles. The lowest BCUT2D eigenvalue weighted by atomic mass is 9.88. The van der Waals surface area contributed by atoms with Gasteiger partial charge in [-0.15, -0.1) is 0 Å². The standard InChI is InChI=1S/C48H58BrN10O4P/c1-5-30-27-40(54-48-52-29-37(49)46(56-48)53-39-14-13-38-44(51-19-18-50-38)45(39)64(3,4)62)42(63-2)28-41(30)59-24-22-58(23-25-59)34-16-20-57(21-17-34)35-11-10-33(26-35)31-6-8-32(9-7-31)36-12-15-43(60)55-47(36)61/h6-9,13-14,18-19,27-29,33-36H,5,10-12,15-17,20-26H2,1-4H3,(H,55,60,61)(H2,52,53,54,56). The molecule has 64 heavy (non-hydrogen) atoms. The van der Waals surface area contributed by atoms with Crippen LogP contribution in [0.3, 0.4) is 0 Å². The molecule has 4 aliphatic rings. The summed E-state index contributed by atoms with van der Waals surface area (Å²) in [5, 5.41) is 9.93. The van der Waals surface area contributed by atoms with Gasteiger partial charge in [0.15, 0.2) is 0 Å². The first kappa shape index (κ1) is 44.3. The molecular weight excluding hydrogens is 891 g/mol. The maximum absolute atomic E-state index is 13.5. The van der Waals surface area contributed by atoms with E-state index < -0.39 is 7.14 Å². The Bertz CT molecular complexity index is 2570. The number of halogens is 1. The van der Waals surface area contributed by atoms with Crippen LogP contribution in [0.25, 0.3) is 11.0 Å². The molecule has 9 rings (SSSR count). The Kier molecular flexibility index (Phi) is 13.1. The van der Waals surface area contributed by atoms with Crippen LogP contribution >= 0.6 is 23.1 Å². The number of methoxy groups -OCH3 is 1. The van der Waals surface area contributed by atoms with Gasteiger partial charge < -0.3 is 29.7 Å². The molecule has 3 saturated heterocycles. The average Bonchev–Trinajstić information content (AvgIpc) is 3.80. The van der Waals surface area contributed by atoms with Gasteiger partial charge in [-0.2, -0.15) is 4.98 Å². The molecule has 3 atom stereocenters. The quantitative estimate of drug-likeness (QED) is 0.0819. The summed E-state index contributed by atoms with van der Waals surface area (Å²) >= 11 is 3.61. The van der Waals surface area contributed by atoms with Crippen molar-refractivity contribution in [2.75, 3.05) is 75.2 Å². The second kappa shape index (κ2) is 18.9. The van der Waals surface area contributed by atoms with Gasteiger partial charge in [-0.25, -0.2) is 4.98 Å². The van der Waals surface area contributed by atoms with Crippen LogP contribution < -0.4 is 30.9 Å². The van der Waals surface area contributed by atoms with Gasteiger partial charge in [0, 0.05) is 75.0 Å². The van der Waals surface area contributed by atoms with Crippen molar-refractivity contribution < 1.29 is 18.9 Å². The highest BCUT2D eigenvalue weighted by Crippen LogP contribution is 2.43. The molecule has 0 bridgehead atoms. The predicted molar refractivity (Wildman–Crippen MR) is 258 cm³/mol. The number of carbonyl (C=O) groups excluding carboxylic acids is 2. The number of imide groups is 1. The van der Waals surface area contributed by atoms with Gasteiger partial charge in [-0.3, -0.25) is 29.8 Å². The summed E-state index contributed by atoms with van der Waals surface area (Å²) in [6.45, 7) is 12.0. The molecule has 14 nitrogen and oxygen atoms in total. The normalized spacial score (nSPS) is 21.6. The molecule has 5 heterocycles. The number of carbonyl (C=O) groups is 2. The molecule has 2 aromatic heterocycles. The van der Waals surface area contributed by atoms with Crippen molar-refractivity contribution in [2.45, 2.75) is 82.2 Å². The van der Waals surface area contributed by atoms with Crippen LogP contribution in [-0.4, -0.2) is 113 Å². The molecule has 16 heteroatoms. The van der Waals surface area contributed by atoms with Crippen molar-refractivity contribution in [3.05, 3.63) is 88.3 Å². The number of anilines is 5. The third kappa shape index (κ3) is 9.40. The van der Waals surface area contributed by atoms with Gasteiger partial charge in [0.2, 0.25) is 17.8 Å². The zero-order chi connectivity index (χ0) is 44.5. The van der Waals surface area contributed by atoms with E-state index in [1.165, 1.54) is 48.9 Å². The summed E-state index contributed by atoms with van der Waals surface area (Å²) in [5.41, 5.74) is 7.54. The number of rotatable bonds is 12. The van der Waals surface area contributed by atoms with Gasteiger partial charge >= 0.3 is 0 Å². The van der Waals surface area contributed by atoms with E-state index in [1.54, 1.807) is 39.0 Å². The molecule has 1 aliphatic carbocycles. The van der Waals surface area contributed by atoms with Crippen molar-refractivity contribution in [2.24, 2.45) is 0 Å². The summed E-state index contributed by atoms with van der Waals surface area (Å²) in [4.78, 5) is 50.3. The Hall–Kier alpha value is -4.95. The average molecular weight is 950 g/mol. The minimum Gasteiger partial charge on any atom is -0.494 e. The fourth-order valence-corrected chi connectivity index (χ4v) is 12.1. The number of likely N-dealkylation sites (tertiary alicyclic amines) is 1. The Morgan fingerprint density at radius 3 is 2.28 bits per heavy atom. The van der Waals surface area contributed by atoms with Crippen LogP contribution in [0.5, 0.6) is 5.75 Å². The lowest BCUT2D eigenvalue weighted by Crippen LogP contribution is -2.54. The maximum atomic E-state index is 13.5. The summed E-state index contributed by atoms with van der Waals surface area (Å²) in [6.07, 6.45) is 12.9. The van der Waals surface area contributed by atoms with Crippen molar-refractivity contribution >= 4 is 80.1 Å². The Morgan fingerprint density at radius 1 is 0.828 bits per heavy atom. The molecule has 1 saturated carbocycles. The zero-order valence-corrected chi connectivity index (χ0v) is 39.6. The SMILES string of the molecule is CCc1cc(Nc2ncc(Br)c(Nc3ccc4nccnc4c3P(C)(C)=O)n2)c(OC)cc1N1CCN(C2CCN(C3CCC(c4ccc(C5CCC(=O)NC5=O)cc4)C3)CC2)CC1. The van der Waals surface area contributed by atoms with Crippen LogP contribution in [0.4, 0.5) is 28.8 Å². The van der Waals surface area contributed by atoms with Gasteiger partial charge in [-0.05, 0) is 128 Å². The van der Waals surface area contributed by atoms with E-state index in [4.69, 9.17) is 9.72 Å². The third-order valence-corrected chi connectivity index (χ3v) is 15.9. The summed E-state index contributed by atoms with van der Waals surface area (Å²) in [5.74, 6) is 1.62. The lowest BCUT2D eigenvalue weighted by Gasteiger charge is -2.44. The molecule has 3 N–H and O–H groups in total. The fourth-order valence-electron chi connectivity index (χ4n) is 10.4. The molecule has 0 radical (unpaired) electrons. The lowest BCUT2D eigenvalue weighted by molar-refractivity contribution is -0.134. The Labute approximate surface area is 383 Å². The monoisotopic (exact) mass is 948 g/mol. The number of nitrogens with zero attached hydrogens (tertiary/aromatic N) is 7. The summed E-state index contributed by atoms with van der Waals surface area (Å²) in [6, 6.07) is 17.9. The highest BCUT2D eigenvalue weighted by atomic mass is 79.9. The molecule has 4 fully saturated rings. The van der Waals surface area contributed by atoms with Gasteiger partial charge in [0.1, 0.15) is 24.2 Å². The number of aromatic nitrogens is 4. The molecular formula is C48H58BrN10O4P. The molecule has 336 valence electrons. The second-order valence-electron chi connectivity index (χ2n) is 18.0. The van der Waals surface area contributed by atoms with E-state index in [0.717, 1.165) is 62.7 Å². The van der Waals surface area contributed by atoms with Crippen LogP contribution in [-0.2, 0) is 20.6 Å². The number of nitrogens with one attached hydrogen (secondary N) is 3. The van der Waals surface area contributed by atoms with E-state index in [9.17, 15) is 14.2 Å². The van der Waals surface area contributed by atoms with E-state index in [2.05, 4.69) is 105 Å². The number of piperazine rings is 1. The number of amides is 2. The van der Waals surface area contributed by atoms with Crippen molar-refractivity contribution in [1.82, 2.24) is 35.1 Å². The molecule has 3 unspecified atom stereocenters.